The Balaban J connectivity index is 2.27. The van der Waals surface area contributed by atoms with Gasteiger partial charge >= 0.3 is 11.5 Å². The standard InChI is InChI=1S/C10H14N4O2/c15-14(16)9-3-1-5-12-10(9)13-7-2-4-11-6-8-13/h1,3,5,11H,2,4,6-8H2/p+2. The summed E-state index contributed by atoms with van der Waals surface area (Å²) < 4.78 is 0. The molecule has 16 heavy (non-hydrogen) atoms. The Labute approximate surface area is 93.4 Å². The lowest BCUT2D eigenvalue weighted by Crippen LogP contribution is -2.84. The monoisotopic (exact) mass is 224 g/mol. The maximum absolute atomic E-state index is 10.9. The number of nitrogens with one attached hydrogen (secondary N) is 1. The highest BCUT2D eigenvalue weighted by atomic mass is 16.6. The molecule has 3 N–H and O–H groups in total. The number of nitrogens with zero attached hydrogens (tertiary/aromatic N) is 2. The summed E-state index contributed by atoms with van der Waals surface area (Å²) in [6.45, 7) is 3.80. The summed E-state index contributed by atoms with van der Waals surface area (Å²) in [5.74, 6) is 0.628. The van der Waals surface area contributed by atoms with Crippen LogP contribution in [-0.2, 0) is 0 Å². The molecule has 1 aromatic rings. The number of quaternary nitrogens is 1. The van der Waals surface area contributed by atoms with Crippen molar-refractivity contribution in [2.45, 2.75) is 6.42 Å². The SMILES string of the molecule is O=[N+]([O-])c1ccc[nH+]c1N1CCC[NH2+]CC1. The number of hydrogen-bond acceptors (Lipinski definition) is 3. The number of hydrogen-bond donors (Lipinski definition) is 1. The van der Waals surface area contributed by atoms with Gasteiger partial charge in [0.1, 0.15) is 13.1 Å². The summed E-state index contributed by atoms with van der Waals surface area (Å²) >= 11 is 0. The molecule has 6 heteroatoms. The van der Waals surface area contributed by atoms with Gasteiger partial charge in [-0.25, -0.2) is 9.88 Å². The fourth-order valence-corrected chi connectivity index (χ4v) is 1.97. The lowest BCUT2D eigenvalue weighted by molar-refractivity contribution is -0.650. The largest absolute Gasteiger partial charge is 0.357 e. The molecule has 1 aromatic heterocycles. The van der Waals surface area contributed by atoms with Gasteiger partial charge in [-0.2, -0.15) is 0 Å². The minimum absolute atomic E-state index is 0.157. The molecule has 1 saturated heterocycles. The minimum Gasteiger partial charge on any atom is -0.343 e. The van der Waals surface area contributed by atoms with Gasteiger partial charge < -0.3 is 5.32 Å². The molecule has 0 spiro atoms. The van der Waals surface area contributed by atoms with E-state index in [1.165, 1.54) is 0 Å². The summed E-state index contributed by atoms with van der Waals surface area (Å²) in [5.41, 5.74) is 0.157. The molecule has 6 nitrogen and oxygen atoms in total. The second kappa shape index (κ2) is 4.89. The molecule has 1 aliphatic rings. The van der Waals surface area contributed by atoms with Crippen molar-refractivity contribution in [2.24, 2.45) is 0 Å². The first-order chi connectivity index (χ1) is 7.79. The van der Waals surface area contributed by atoms with Crippen LogP contribution in [0.1, 0.15) is 6.42 Å². The van der Waals surface area contributed by atoms with E-state index >= 15 is 0 Å². The molecule has 0 unspecified atom stereocenters. The lowest BCUT2D eigenvalue weighted by atomic mass is 10.3. The summed E-state index contributed by atoms with van der Waals surface area (Å²) in [4.78, 5) is 15.6. The first-order valence-corrected chi connectivity index (χ1v) is 5.51. The van der Waals surface area contributed by atoms with E-state index in [4.69, 9.17) is 0 Å². The third-order valence-corrected chi connectivity index (χ3v) is 2.77. The molecule has 2 heterocycles. The van der Waals surface area contributed by atoms with Crippen molar-refractivity contribution in [3.63, 3.8) is 0 Å². The van der Waals surface area contributed by atoms with Crippen LogP contribution >= 0.6 is 0 Å². The highest BCUT2D eigenvalue weighted by Crippen LogP contribution is 2.21. The fourth-order valence-electron chi connectivity index (χ4n) is 1.97. The number of aromatic nitrogens is 1. The van der Waals surface area contributed by atoms with E-state index < -0.39 is 0 Å². The Kier molecular flexibility index (Phi) is 3.31. The van der Waals surface area contributed by atoms with Crippen molar-refractivity contribution in [1.29, 1.82) is 0 Å². The predicted molar refractivity (Wildman–Crippen MR) is 58.1 cm³/mol. The zero-order valence-corrected chi connectivity index (χ0v) is 9.06. The van der Waals surface area contributed by atoms with Crippen LogP contribution in [0, 0.1) is 10.1 Å². The van der Waals surface area contributed by atoms with E-state index in [2.05, 4.69) is 15.2 Å². The number of pyridine rings is 1. The van der Waals surface area contributed by atoms with Crippen LogP contribution in [0.25, 0.3) is 0 Å². The minimum atomic E-state index is -0.333. The average Bonchev–Trinajstić information content (AvgIpc) is 2.57. The van der Waals surface area contributed by atoms with Crippen LogP contribution in [0.15, 0.2) is 18.3 Å². The summed E-state index contributed by atoms with van der Waals surface area (Å²) in [5, 5.41) is 13.1. The van der Waals surface area contributed by atoms with Gasteiger partial charge in [-0.3, -0.25) is 10.1 Å². The smallest absolute Gasteiger partial charge is 0.343 e. The highest BCUT2D eigenvalue weighted by Gasteiger charge is 2.28. The van der Waals surface area contributed by atoms with Crippen LogP contribution in [0.3, 0.4) is 0 Å². The van der Waals surface area contributed by atoms with Crippen LogP contribution < -0.4 is 15.2 Å². The van der Waals surface area contributed by atoms with Gasteiger partial charge in [-0.05, 0) is 6.07 Å². The molecule has 0 atom stereocenters. The molecule has 2 rings (SSSR count). The van der Waals surface area contributed by atoms with Crippen molar-refractivity contribution in [1.82, 2.24) is 0 Å². The van der Waals surface area contributed by atoms with Crippen molar-refractivity contribution in [2.75, 3.05) is 31.1 Å². The Morgan fingerprint density at radius 3 is 3.12 bits per heavy atom. The van der Waals surface area contributed by atoms with Crippen molar-refractivity contribution in [3.05, 3.63) is 28.4 Å². The number of H-pyrrole nitrogens is 1. The molecule has 86 valence electrons. The molecule has 1 aliphatic heterocycles. The average molecular weight is 224 g/mol. The van der Waals surface area contributed by atoms with E-state index in [0.29, 0.717) is 5.82 Å². The number of nitro groups is 1. The lowest BCUT2D eigenvalue weighted by Gasteiger charge is -2.11. The van der Waals surface area contributed by atoms with E-state index in [1.54, 1.807) is 18.3 Å². The van der Waals surface area contributed by atoms with Crippen LogP contribution in [0.2, 0.25) is 0 Å². The summed E-state index contributed by atoms with van der Waals surface area (Å²) in [7, 11) is 0. The Bertz CT molecular complexity index is 375. The molecular weight excluding hydrogens is 208 g/mol. The van der Waals surface area contributed by atoms with E-state index in [0.717, 1.165) is 32.6 Å². The van der Waals surface area contributed by atoms with Crippen molar-refractivity contribution >= 4 is 11.5 Å². The predicted octanol–water partition coefficient (Wildman–Crippen LogP) is -0.818. The Hall–Kier alpha value is -1.69. The van der Waals surface area contributed by atoms with E-state index in [9.17, 15) is 10.1 Å². The molecule has 0 saturated carbocycles. The van der Waals surface area contributed by atoms with E-state index in [1.807, 2.05) is 0 Å². The molecule has 0 aliphatic carbocycles. The van der Waals surface area contributed by atoms with Gasteiger partial charge in [0.2, 0.25) is 0 Å². The number of nitrogens with two attached hydrogens (primary N) is 1. The second-order valence-corrected chi connectivity index (χ2v) is 3.87. The summed E-state index contributed by atoms with van der Waals surface area (Å²) in [6, 6.07) is 3.20. The maximum atomic E-state index is 10.9. The molecule has 0 aromatic carbocycles. The first-order valence-electron chi connectivity index (χ1n) is 5.51. The second-order valence-electron chi connectivity index (χ2n) is 3.87. The quantitative estimate of drug-likeness (QED) is 0.527. The third-order valence-electron chi connectivity index (χ3n) is 2.77. The highest BCUT2D eigenvalue weighted by molar-refractivity contribution is 5.53. The van der Waals surface area contributed by atoms with Gasteiger partial charge in [0, 0.05) is 12.5 Å². The number of anilines is 1. The van der Waals surface area contributed by atoms with Gasteiger partial charge in [0.15, 0.2) is 0 Å². The topological polar surface area (TPSA) is 77.1 Å². The molecular formula is C10H16N4O2+2. The molecule has 0 amide bonds. The van der Waals surface area contributed by atoms with Gasteiger partial charge in [0.05, 0.1) is 24.2 Å². The zero-order chi connectivity index (χ0) is 11.4. The molecule has 0 radical (unpaired) electrons. The third kappa shape index (κ3) is 2.27. The number of aromatic amines is 1. The molecule has 1 fully saturated rings. The summed E-state index contributed by atoms with van der Waals surface area (Å²) in [6.07, 6.45) is 2.79. The van der Waals surface area contributed by atoms with Gasteiger partial charge in [-0.1, -0.05) is 0 Å². The van der Waals surface area contributed by atoms with Crippen LogP contribution in [-0.4, -0.2) is 31.1 Å². The Morgan fingerprint density at radius 2 is 2.31 bits per heavy atom. The maximum Gasteiger partial charge on any atom is 0.357 e. The molecule has 0 bridgehead atoms. The van der Waals surface area contributed by atoms with E-state index in [-0.39, 0.29) is 10.6 Å². The van der Waals surface area contributed by atoms with Gasteiger partial charge in [-0.15, -0.1) is 0 Å². The normalized spacial score (nSPS) is 16.9. The van der Waals surface area contributed by atoms with Gasteiger partial charge in [0.25, 0.3) is 0 Å². The first kappa shape index (κ1) is 10.8. The fraction of sp³-hybridized carbons (Fsp3) is 0.500. The van der Waals surface area contributed by atoms with Crippen LogP contribution in [0.5, 0.6) is 0 Å². The van der Waals surface area contributed by atoms with Crippen molar-refractivity contribution in [3.8, 4) is 0 Å². The van der Waals surface area contributed by atoms with Crippen LogP contribution in [0.4, 0.5) is 11.5 Å². The Morgan fingerprint density at radius 1 is 1.44 bits per heavy atom. The number of rotatable bonds is 2. The zero-order valence-electron chi connectivity index (χ0n) is 9.06. The van der Waals surface area contributed by atoms with Crippen molar-refractivity contribution < 1.29 is 15.2 Å².